The number of benzene rings is 1. The third kappa shape index (κ3) is 5.87. The lowest BCUT2D eigenvalue weighted by atomic mass is 10.2. The van der Waals surface area contributed by atoms with Crippen LogP contribution in [-0.2, 0) is 34.1 Å². The van der Waals surface area contributed by atoms with E-state index in [4.69, 9.17) is 18.9 Å². The molecule has 1 unspecified atom stereocenters. The summed E-state index contributed by atoms with van der Waals surface area (Å²) < 4.78 is 25.1. The Labute approximate surface area is 193 Å². The first-order chi connectivity index (χ1) is 16.0. The summed E-state index contributed by atoms with van der Waals surface area (Å²) in [5.41, 5.74) is 3.69. The number of ether oxygens (including phenoxy) is 4. The maximum absolute atomic E-state index is 9.63. The predicted molar refractivity (Wildman–Crippen MR) is 123 cm³/mol. The molecule has 1 saturated heterocycles. The molecule has 1 aromatic carbocycles. The van der Waals surface area contributed by atoms with Crippen molar-refractivity contribution < 1.29 is 24.1 Å². The molecule has 0 saturated carbocycles. The third-order valence-electron chi connectivity index (χ3n) is 5.57. The number of rotatable bonds is 11. The Kier molecular flexibility index (Phi) is 7.56. The molecule has 33 heavy (non-hydrogen) atoms. The number of aliphatic hydroxyl groups is 1. The van der Waals surface area contributed by atoms with E-state index in [-0.39, 0.29) is 12.7 Å². The largest absolute Gasteiger partial charge is 0.479 e. The molecule has 0 radical (unpaired) electrons. The Morgan fingerprint density at radius 3 is 2.76 bits per heavy atom. The summed E-state index contributed by atoms with van der Waals surface area (Å²) in [7, 11) is 1.60. The summed E-state index contributed by atoms with van der Waals surface area (Å²) in [5.74, 6) is -0.0834. The lowest BCUT2D eigenvalue weighted by molar-refractivity contribution is -0.140. The average Bonchev–Trinajstić information content (AvgIpc) is 3.33. The van der Waals surface area contributed by atoms with Gasteiger partial charge in [0.15, 0.2) is 5.79 Å². The zero-order chi connectivity index (χ0) is 23.3. The molecule has 9 heteroatoms. The number of fused-ring (bicyclic) bond motifs is 1. The summed E-state index contributed by atoms with van der Waals surface area (Å²) >= 11 is 0. The van der Waals surface area contributed by atoms with Crippen LogP contribution in [0, 0.1) is 0 Å². The molecule has 1 aliphatic heterocycles. The van der Waals surface area contributed by atoms with E-state index < -0.39 is 5.79 Å². The molecular formula is C24H32N4O5. The second-order valence-electron chi connectivity index (χ2n) is 8.58. The summed E-state index contributed by atoms with van der Waals surface area (Å²) in [4.78, 5) is 11.0. The van der Waals surface area contributed by atoms with Crippen LogP contribution >= 0.6 is 0 Å². The minimum atomic E-state index is -0.581. The van der Waals surface area contributed by atoms with Gasteiger partial charge in [0, 0.05) is 31.4 Å². The van der Waals surface area contributed by atoms with Gasteiger partial charge in [-0.3, -0.25) is 4.90 Å². The van der Waals surface area contributed by atoms with Crippen LogP contribution in [0.15, 0.2) is 42.9 Å². The fourth-order valence-corrected chi connectivity index (χ4v) is 4.13. The van der Waals surface area contributed by atoms with E-state index in [2.05, 4.69) is 14.9 Å². The highest BCUT2D eigenvalue weighted by Gasteiger charge is 2.33. The van der Waals surface area contributed by atoms with Crippen molar-refractivity contribution in [2.75, 3.05) is 33.4 Å². The minimum absolute atomic E-state index is 0.0497. The Balaban J connectivity index is 1.53. The Hall–Kier alpha value is -2.56. The molecule has 1 atom stereocenters. The number of aromatic nitrogens is 3. The van der Waals surface area contributed by atoms with Crippen molar-refractivity contribution >= 4 is 11.0 Å². The van der Waals surface area contributed by atoms with Crippen molar-refractivity contribution in [2.24, 2.45) is 0 Å². The quantitative estimate of drug-likeness (QED) is 0.471. The summed E-state index contributed by atoms with van der Waals surface area (Å²) in [5, 5.41) is 9.63. The van der Waals surface area contributed by atoms with Gasteiger partial charge in [-0.15, -0.1) is 0 Å². The van der Waals surface area contributed by atoms with E-state index in [1.54, 1.807) is 7.11 Å². The van der Waals surface area contributed by atoms with Crippen molar-refractivity contribution in [1.82, 2.24) is 19.4 Å². The Morgan fingerprint density at radius 1 is 1.24 bits per heavy atom. The van der Waals surface area contributed by atoms with Crippen LogP contribution in [0.5, 0.6) is 5.88 Å². The molecule has 4 rings (SSSR count). The molecule has 1 N–H and O–H groups in total. The lowest BCUT2D eigenvalue weighted by Gasteiger charge is -2.24. The van der Waals surface area contributed by atoms with Crippen molar-refractivity contribution in [2.45, 2.75) is 45.6 Å². The molecule has 0 spiro atoms. The number of hydrogen-bond donors (Lipinski definition) is 1. The van der Waals surface area contributed by atoms with Crippen molar-refractivity contribution in [3.05, 3.63) is 54.0 Å². The van der Waals surface area contributed by atoms with Crippen molar-refractivity contribution in [3.8, 4) is 5.88 Å². The highest BCUT2D eigenvalue weighted by atomic mass is 16.7. The van der Waals surface area contributed by atoms with E-state index in [9.17, 15) is 5.11 Å². The summed E-state index contributed by atoms with van der Waals surface area (Å²) in [6.07, 6.45) is 3.47. The zero-order valence-corrected chi connectivity index (χ0v) is 19.4. The number of nitrogens with zero attached hydrogens (tertiary/aromatic N) is 4. The van der Waals surface area contributed by atoms with E-state index in [1.807, 2.05) is 54.9 Å². The average molecular weight is 457 g/mol. The molecular weight excluding hydrogens is 424 g/mol. The Bertz CT molecular complexity index is 1040. The second-order valence-corrected chi connectivity index (χ2v) is 8.58. The number of aliphatic hydroxyl groups excluding tert-OH is 1. The molecule has 0 aliphatic carbocycles. The van der Waals surface area contributed by atoms with Gasteiger partial charge in [-0.2, -0.15) is 4.98 Å². The van der Waals surface area contributed by atoms with Crippen LogP contribution < -0.4 is 4.74 Å². The highest BCUT2D eigenvalue weighted by Crippen LogP contribution is 2.28. The van der Waals surface area contributed by atoms with Crippen LogP contribution in [0.4, 0.5) is 0 Å². The van der Waals surface area contributed by atoms with E-state index >= 15 is 0 Å². The molecule has 2 aromatic heterocycles. The van der Waals surface area contributed by atoms with Crippen LogP contribution in [0.25, 0.3) is 11.0 Å². The van der Waals surface area contributed by atoms with Crippen molar-refractivity contribution in [3.63, 3.8) is 0 Å². The zero-order valence-electron chi connectivity index (χ0n) is 19.4. The van der Waals surface area contributed by atoms with Gasteiger partial charge in [-0.05, 0) is 19.4 Å². The molecule has 1 fully saturated rings. The first-order valence-electron chi connectivity index (χ1n) is 11.1. The topological polar surface area (TPSA) is 91.1 Å². The maximum atomic E-state index is 9.63. The summed E-state index contributed by atoms with van der Waals surface area (Å²) in [6, 6.07) is 10.0. The number of methoxy groups -OCH3 is 1. The van der Waals surface area contributed by atoms with E-state index in [0.29, 0.717) is 45.5 Å². The van der Waals surface area contributed by atoms with Gasteiger partial charge in [0.05, 0.1) is 33.0 Å². The van der Waals surface area contributed by atoms with E-state index in [0.717, 1.165) is 22.2 Å². The van der Waals surface area contributed by atoms with Crippen LogP contribution in [0.2, 0.25) is 0 Å². The predicted octanol–water partition coefficient (Wildman–Crippen LogP) is 2.56. The molecule has 9 nitrogen and oxygen atoms in total. The van der Waals surface area contributed by atoms with Gasteiger partial charge in [-0.25, -0.2) is 4.98 Å². The third-order valence-corrected chi connectivity index (χ3v) is 5.57. The lowest BCUT2D eigenvalue weighted by Crippen LogP contribution is -2.36. The normalized spacial score (nSPS) is 17.8. The van der Waals surface area contributed by atoms with Gasteiger partial charge in [0.25, 0.3) is 0 Å². The molecule has 178 valence electrons. The number of hydrogen-bond acceptors (Lipinski definition) is 8. The smallest absolute Gasteiger partial charge is 0.241 e. The van der Waals surface area contributed by atoms with Crippen molar-refractivity contribution in [1.29, 1.82) is 0 Å². The van der Waals surface area contributed by atoms with Gasteiger partial charge in [0.1, 0.15) is 24.1 Å². The van der Waals surface area contributed by atoms with Gasteiger partial charge >= 0.3 is 0 Å². The van der Waals surface area contributed by atoms with Gasteiger partial charge in [0.2, 0.25) is 5.88 Å². The second kappa shape index (κ2) is 10.6. The van der Waals surface area contributed by atoms with Crippen LogP contribution in [0.1, 0.15) is 25.0 Å². The first kappa shape index (κ1) is 23.6. The van der Waals surface area contributed by atoms with Crippen LogP contribution in [-0.4, -0.2) is 69.8 Å². The van der Waals surface area contributed by atoms with Gasteiger partial charge in [-0.1, -0.05) is 30.3 Å². The Morgan fingerprint density at radius 2 is 2.06 bits per heavy atom. The highest BCUT2D eigenvalue weighted by molar-refractivity contribution is 5.83. The molecule has 1 aliphatic rings. The minimum Gasteiger partial charge on any atom is -0.479 e. The SMILES string of the molecule is COc1ncnc2c(CN(CCO)CC3COC(C)(C)O3)cn(COCc3ccccc3)c12. The standard InChI is InChI=1S/C24H32N4O5/c1-24(2)32-15-20(33-24)13-27(9-10-29)11-19-12-28(17-31-14-18-7-5-4-6-8-18)22-21(19)25-16-26-23(22)30-3/h4-8,12,16,20,29H,9-11,13-15,17H2,1-3H3. The maximum Gasteiger partial charge on any atom is 0.241 e. The fourth-order valence-electron chi connectivity index (χ4n) is 4.13. The van der Waals surface area contributed by atoms with E-state index in [1.165, 1.54) is 6.33 Å². The molecule has 3 heterocycles. The molecule has 0 amide bonds. The summed E-state index contributed by atoms with van der Waals surface area (Å²) in [6.45, 7) is 6.98. The van der Waals surface area contributed by atoms with Gasteiger partial charge < -0.3 is 28.6 Å². The van der Waals surface area contributed by atoms with Crippen LogP contribution in [0.3, 0.4) is 0 Å². The fraction of sp³-hybridized carbons (Fsp3) is 0.500. The molecule has 3 aromatic rings. The monoisotopic (exact) mass is 456 g/mol. The first-order valence-corrected chi connectivity index (χ1v) is 11.1. The molecule has 0 bridgehead atoms.